The van der Waals surface area contributed by atoms with Gasteiger partial charge in [-0.1, -0.05) is 88.7 Å². The Hall–Kier alpha value is -3.92. The second-order valence-corrected chi connectivity index (χ2v) is 15.7. The molecule has 2 N–H and O–H groups in total. The summed E-state index contributed by atoms with van der Waals surface area (Å²) in [5.74, 6) is -4.02. The summed E-state index contributed by atoms with van der Waals surface area (Å²) in [4.78, 5) is 63.8. The highest BCUT2D eigenvalue weighted by atomic mass is 79.9. The molecule has 14 heteroatoms. The van der Waals surface area contributed by atoms with E-state index in [0.717, 1.165) is 18.7 Å². The van der Waals surface area contributed by atoms with Crippen molar-refractivity contribution in [3.05, 3.63) is 94.5 Å². The summed E-state index contributed by atoms with van der Waals surface area (Å²) < 4.78 is 24.7. The number of likely N-dealkylation sites (tertiary alicyclic amines) is 1. The average Bonchev–Trinajstić information content (AvgIpc) is 3.80. The summed E-state index contributed by atoms with van der Waals surface area (Å²) in [6.45, 7) is 3.45. The first-order chi connectivity index (χ1) is 26.8. The van der Waals surface area contributed by atoms with Crippen molar-refractivity contribution >= 4 is 39.6 Å². The van der Waals surface area contributed by atoms with Crippen molar-refractivity contribution in [3.63, 3.8) is 0 Å². The minimum atomic E-state index is -1.53. The first-order valence-corrected chi connectivity index (χ1v) is 19.9. The lowest BCUT2D eigenvalue weighted by atomic mass is 9.74. The number of cyclic esters (lactones) is 1. The first-order valence-electron chi connectivity index (χ1n) is 19.1. The minimum Gasteiger partial charge on any atom is -0.455 e. The number of hydrogen-bond acceptors (Lipinski definition) is 10. The highest BCUT2D eigenvalue weighted by Gasteiger charge is 2.75. The number of ether oxygens (including phenoxy) is 4. The molecule has 2 aromatic carbocycles. The number of methoxy groups -OCH3 is 1. The number of nitrogens with zero attached hydrogens (tertiary/aromatic N) is 3. The number of fused-ring (bicyclic) bond motifs is 2. The third-order valence-corrected chi connectivity index (χ3v) is 12.0. The summed E-state index contributed by atoms with van der Waals surface area (Å²) in [5, 5.41) is 14.0. The van der Waals surface area contributed by atoms with Crippen LogP contribution in [0.2, 0.25) is 0 Å². The standard InChI is InChI=1S/C41H49BrN4O9/c1-52-26-31-35(28-13-7-3-8-14-28)54-40(51)33-34-38(49)46(29(25-47)23-27-11-5-2-6-12-27)37(41(34)24-30(42)36(33)55-41)39(50)45(16-10-4-9-15-32(48)43-31)18-17-44-19-21-53-22-20-44/h2-8,10-14,24,29,31,33-37,47H,9,15-23,25-26H2,1H3,(H,43,48)/b10-4-/t29-,31+,33-,34+,35+,36-,37-,41+/m1/s1. The zero-order chi connectivity index (χ0) is 38.5. The third kappa shape index (κ3) is 8.03. The van der Waals surface area contributed by atoms with Crippen molar-refractivity contribution in [1.82, 2.24) is 20.0 Å². The van der Waals surface area contributed by atoms with E-state index in [0.29, 0.717) is 42.8 Å². The van der Waals surface area contributed by atoms with E-state index in [4.69, 9.17) is 18.9 Å². The molecule has 0 unspecified atom stereocenters. The van der Waals surface area contributed by atoms with E-state index in [1.54, 1.807) is 11.0 Å². The fourth-order valence-electron chi connectivity index (χ4n) is 8.71. The molecule has 0 aliphatic carbocycles. The Morgan fingerprint density at radius 3 is 2.40 bits per heavy atom. The maximum Gasteiger partial charge on any atom is 0.313 e. The van der Waals surface area contributed by atoms with Crippen LogP contribution in [-0.2, 0) is 44.5 Å². The molecule has 55 heavy (non-hydrogen) atoms. The second-order valence-electron chi connectivity index (χ2n) is 14.7. The van der Waals surface area contributed by atoms with Gasteiger partial charge in [0.15, 0.2) is 0 Å². The number of esters is 1. The number of amides is 3. The van der Waals surface area contributed by atoms with E-state index >= 15 is 9.59 Å². The fraction of sp³-hybridized carbons (Fsp3) is 0.512. The van der Waals surface area contributed by atoms with Crippen LogP contribution < -0.4 is 5.32 Å². The van der Waals surface area contributed by atoms with Gasteiger partial charge in [-0.3, -0.25) is 24.1 Å². The number of hydrogen-bond donors (Lipinski definition) is 2. The predicted octanol–water partition coefficient (Wildman–Crippen LogP) is 2.39. The zero-order valence-corrected chi connectivity index (χ0v) is 32.6. The molecular weight excluding hydrogens is 772 g/mol. The van der Waals surface area contributed by atoms with Crippen LogP contribution in [0.15, 0.2) is 83.4 Å². The number of aliphatic hydroxyl groups excluding tert-OH is 1. The minimum absolute atomic E-state index is 0.0506. The molecule has 3 saturated heterocycles. The smallest absolute Gasteiger partial charge is 0.313 e. The average molecular weight is 822 g/mol. The van der Waals surface area contributed by atoms with Gasteiger partial charge in [0, 0.05) is 50.7 Å². The van der Waals surface area contributed by atoms with Crippen molar-refractivity contribution < 1.29 is 43.2 Å². The van der Waals surface area contributed by atoms with Crippen LogP contribution in [0.3, 0.4) is 0 Å². The maximum atomic E-state index is 15.3. The molecule has 3 amide bonds. The van der Waals surface area contributed by atoms with E-state index < -0.39 is 66.3 Å². The van der Waals surface area contributed by atoms with Crippen molar-refractivity contribution in [1.29, 1.82) is 0 Å². The fourth-order valence-corrected chi connectivity index (χ4v) is 9.45. The van der Waals surface area contributed by atoms with Crippen LogP contribution >= 0.6 is 15.9 Å². The van der Waals surface area contributed by atoms with Gasteiger partial charge >= 0.3 is 5.97 Å². The first kappa shape index (κ1) is 39.3. The Morgan fingerprint density at radius 2 is 1.69 bits per heavy atom. The van der Waals surface area contributed by atoms with Crippen LogP contribution in [0.1, 0.15) is 30.1 Å². The molecule has 8 atom stereocenters. The number of benzene rings is 2. The largest absolute Gasteiger partial charge is 0.455 e. The van der Waals surface area contributed by atoms with Gasteiger partial charge in [-0.15, -0.1) is 0 Å². The number of carbonyl (C=O) groups is 4. The number of allylic oxidation sites excluding steroid dienone is 1. The molecule has 5 heterocycles. The normalized spacial score (nSPS) is 31.5. The highest BCUT2D eigenvalue weighted by molar-refractivity contribution is 9.11. The van der Waals surface area contributed by atoms with E-state index in [9.17, 15) is 14.7 Å². The van der Waals surface area contributed by atoms with Crippen LogP contribution in [0.4, 0.5) is 0 Å². The van der Waals surface area contributed by atoms with Crippen LogP contribution in [0.5, 0.6) is 0 Å². The van der Waals surface area contributed by atoms with E-state index in [1.165, 1.54) is 12.0 Å². The number of nitrogens with one attached hydrogen (secondary N) is 1. The molecule has 0 saturated carbocycles. The van der Waals surface area contributed by atoms with Gasteiger partial charge in [-0.2, -0.15) is 0 Å². The van der Waals surface area contributed by atoms with E-state index in [-0.39, 0.29) is 37.8 Å². The van der Waals surface area contributed by atoms with Crippen LogP contribution in [0.25, 0.3) is 0 Å². The summed E-state index contributed by atoms with van der Waals surface area (Å²) >= 11 is 3.65. The summed E-state index contributed by atoms with van der Waals surface area (Å²) in [6, 6.07) is 15.9. The van der Waals surface area contributed by atoms with Gasteiger partial charge in [0.1, 0.15) is 29.8 Å². The molecule has 2 aromatic rings. The molecule has 0 aromatic heterocycles. The molecule has 5 aliphatic rings. The Bertz CT molecular complexity index is 1760. The third-order valence-electron chi connectivity index (χ3n) is 11.3. The SMILES string of the molecule is COC[C@@H]1NC(=O)CC/C=C\CN(CCN2CCOCC2)C(=O)[C@H]2N([C@@H](CO)Cc3ccccc3)C(=O)[C@@H]3[C@@H](C(=O)O[C@H]1c1ccccc1)[C@@H]1O[C@@]32C=C1Br. The summed E-state index contributed by atoms with van der Waals surface area (Å²) in [6.07, 6.45) is 4.51. The molecule has 13 nitrogen and oxygen atoms in total. The van der Waals surface area contributed by atoms with Gasteiger partial charge in [-0.05, 0) is 30.0 Å². The van der Waals surface area contributed by atoms with Gasteiger partial charge in [0.2, 0.25) is 17.7 Å². The quantitative estimate of drug-likeness (QED) is 0.271. The van der Waals surface area contributed by atoms with E-state index in [1.807, 2.05) is 72.8 Å². The molecule has 294 valence electrons. The lowest BCUT2D eigenvalue weighted by Crippen LogP contribution is -2.59. The molecule has 1 spiro atoms. The molecule has 3 fully saturated rings. The van der Waals surface area contributed by atoms with Crippen molar-refractivity contribution in [2.45, 2.75) is 55.2 Å². The van der Waals surface area contributed by atoms with Crippen molar-refractivity contribution in [3.8, 4) is 0 Å². The predicted molar refractivity (Wildman–Crippen MR) is 205 cm³/mol. The molecular formula is C41H49BrN4O9. The topological polar surface area (TPSA) is 147 Å². The number of rotatable bonds is 10. The Balaban J connectivity index is 1.32. The monoisotopic (exact) mass is 820 g/mol. The molecule has 5 aliphatic heterocycles. The number of morpholine rings is 1. The second kappa shape index (κ2) is 17.5. The van der Waals surface area contributed by atoms with Gasteiger partial charge in [0.05, 0.1) is 44.4 Å². The van der Waals surface area contributed by atoms with Gasteiger partial charge in [0.25, 0.3) is 0 Å². The lowest BCUT2D eigenvalue weighted by molar-refractivity contribution is -0.163. The number of aliphatic hydroxyl groups is 1. The highest BCUT2D eigenvalue weighted by Crippen LogP contribution is 2.59. The summed E-state index contributed by atoms with van der Waals surface area (Å²) in [5.41, 5.74) is -0.00890. The number of halogens is 1. The van der Waals surface area contributed by atoms with Crippen molar-refractivity contribution in [2.24, 2.45) is 11.8 Å². The maximum absolute atomic E-state index is 15.3. The molecule has 5 bridgehead atoms. The Morgan fingerprint density at radius 1 is 0.964 bits per heavy atom. The lowest BCUT2D eigenvalue weighted by Gasteiger charge is -2.39. The van der Waals surface area contributed by atoms with E-state index in [2.05, 4.69) is 26.1 Å². The van der Waals surface area contributed by atoms with Crippen LogP contribution in [-0.4, -0.2) is 140 Å². The summed E-state index contributed by atoms with van der Waals surface area (Å²) in [7, 11) is 1.51. The molecule has 0 radical (unpaired) electrons. The van der Waals surface area contributed by atoms with Crippen LogP contribution in [0, 0.1) is 11.8 Å². The van der Waals surface area contributed by atoms with Gasteiger partial charge < -0.3 is 39.2 Å². The molecule has 7 rings (SSSR count). The Kier molecular flexibility index (Phi) is 12.5. The van der Waals surface area contributed by atoms with Gasteiger partial charge in [-0.25, -0.2) is 0 Å². The Labute approximate surface area is 329 Å². The van der Waals surface area contributed by atoms with Crippen molar-refractivity contribution in [2.75, 3.05) is 66.3 Å². The number of carbonyl (C=O) groups excluding carboxylic acids is 4. The zero-order valence-electron chi connectivity index (χ0n) is 31.0.